The highest BCUT2D eigenvalue weighted by atomic mass is 35.5. The lowest BCUT2D eigenvalue weighted by Crippen LogP contribution is -2.47. The van der Waals surface area contributed by atoms with Crippen molar-refractivity contribution in [1.82, 2.24) is 10.2 Å². The lowest BCUT2D eigenvalue weighted by molar-refractivity contribution is -0.140. The predicted octanol–water partition coefficient (Wildman–Crippen LogP) is 5.68. The molecule has 0 fully saturated rings. The van der Waals surface area contributed by atoms with Crippen molar-refractivity contribution in [2.24, 2.45) is 0 Å². The van der Waals surface area contributed by atoms with Crippen LogP contribution in [0.1, 0.15) is 36.0 Å². The van der Waals surface area contributed by atoms with Crippen molar-refractivity contribution in [2.45, 2.75) is 31.8 Å². The predicted molar refractivity (Wildman–Crippen MR) is 130 cm³/mol. The Morgan fingerprint density at radius 2 is 1.47 bits per heavy atom. The number of halogens is 2. The largest absolute Gasteiger partial charge is 0.357 e. The Morgan fingerprint density at radius 3 is 1.97 bits per heavy atom. The van der Waals surface area contributed by atoms with Gasteiger partial charge < -0.3 is 10.2 Å². The van der Waals surface area contributed by atoms with Gasteiger partial charge in [0.15, 0.2) is 0 Å². The van der Waals surface area contributed by atoms with Crippen molar-refractivity contribution in [2.75, 3.05) is 7.05 Å². The molecule has 4 nitrogen and oxygen atoms in total. The maximum Gasteiger partial charge on any atom is 0.242 e. The minimum Gasteiger partial charge on any atom is -0.357 e. The zero-order chi connectivity index (χ0) is 23.1. The van der Waals surface area contributed by atoms with Crippen molar-refractivity contribution in [1.29, 1.82) is 0 Å². The summed E-state index contributed by atoms with van der Waals surface area (Å²) in [4.78, 5) is 27.7. The van der Waals surface area contributed by atoms with Crippen LogP contribution in [0.25, 0.3) is 0 Å². The van der Waals surface area contributed by atoms with Crippen molar-refractivity contribution in [3.63, 3.8) is 0 Å². The molecular weight excluding hydrogens is 443 g/mol. The number of amides is 2. The van der Waals surface area contributed by atoms with Crippen LogP contribution < -0.4 is 5.32 Å². The van der Waals surface area contributed by atoms with Crippen LogP contribution in [0, 0.1) is 0 Å². The zero-order valence-electron chi connectivity index (χ0n) is 18.1. The fraction of sp³-hybridized carbons (Fsp3) is 0.231. The average Bonchev–Trinajstić information content (AvgIpc) is 2.82. The molecule has 0 heterocycles. The van der Waals surface area contributed by atoms with Gasteiger partial charge in [0.1, 0.15) is 6.04 Å². The van der Waals surface area contributed by atoms with E-state index in [-0.39, 0.29) is 30.7 Å². The Kier molecular flexibility index (Phi) is 8.32. The standard InChI is InChI=1S/C26H26Cl2N2O2/c1-18(26(32)29-2)30(17-21-13-14-22(27)15-24(21)28)25(31)16-23(19-9-5-3-6-10-19)20-11-7-4-8-12-20/h3-15,18,23H,16-17H2,1-2H3,(H,29,32)/t18-/m1/s1. The first-order valence-corrected chi connectivity index (χ1v) is 11.2. The van der Waals surface area contributed by atoms with Crippen LogP contribution in [0.3, 0.4) is 0 Å². The summed E-state index contributed by atoms with van der Waals surface area (Å²) in [5.41, 5.74) is 2.82. The van der Waals surface area contributed by atoms with Crippen LogP contribution in [0.2, 0.25) is 10.0 Å². The third-order valence-electron chi connectivity index (χ3n) is 5.55. The van der Waals surface area contributed by atoms with E-state index in [1.807, 2.05) is 60.7 Å². The molecule has 1 N–H and O–H groups in total. The molecule has 3 aromatic carbocycles. The maximum atomic E-state index is 13.6. The molecular formula is C26H26Cl2N2O2. The first-order valence-electron chi connectivity index (χ1n) is 10.5. The molecule has 0 unspecified atom stereocenters. The molecule has 32 heavy (non-hydrogen) atoms. The molecule has 0 saturated heterocycles. The Labute approximate surface area is 199 Å². The fourth-order valence-electron chi connectivity index (χ4n) is 3.72. The van der Waals surface area contributed by atoms with Crippen LogP contribution in [0.5, 0.6) is 0 Å². The van der Waals surface area contributed by atoms with E-state index in [0.29, 0.717) is 10.0 Å². The van der Waals surface area contributed by atoms with Gasteiger partial charge in [-0.15, -0.1) is 0 Å². The van der Waals surface area contributed by atoms with Gasteiger partial charge in [0.05, 0.1) is 0 Å². The van der Waals surface area contributed by atoms with Crippen LogP contribution in [-0.2, 0) is 16.1 Å². The molecule has 0 aliphatic rings. The van der Waals surface area contributed by atoms with E-state index in [4.69, 9.17) is 23.2 Å². The van der Waals surface area contributed by atoms with Crippen LogP contribution in [0.4, 0.5) is 0 Å². The van der Waals surface area contributed by atoms with Gasteiger partial charge in [-0.25, -0.2) is 0 Å². The minimum absolute atomic E-state index is 0.134. The quantitative estimate of drug-likeness (QED) is 0.462. The number of hydrogen-bond donors (Lipinski definition) is 1. The summed E-state index contributed by atoms with van der Waals surface area (Å²) >= 11 is 12.4. The molecule has 0 spiro atoms. The summed E-state index contributed by atoms with van der Waals surface area (Å²) in [6, 6.07) is 24.4. The highest BCUT2D eigenvalue weighted by Crippen LogP contribution is 2.30. The van der Waals surface area contributed by atoms with E-state index in [0.717, 1.165) is 16.7 Å². The summed E-state index contributed by atoms with van der Waals surface area (Å²) in [5, 5.41) is 3.62. The first-order chi connectivity index (χ1) is 15.4. The van der Waals surface area contributed by atoms with Crippen molar-refractivity contribution >= 4 is 35.0 Å². The molecule has 6 heteroatoms. The monoisotopic (exact) mass is 468 g/mol. The summed E-state index contributed by atoms with van der Waals surface area (Å²) in [6.45, 7) is 1.93. The summed E-state index contributed by atoms with van der Waals surface area (Å²) in [5.74, 6) is -0.505. The van der Waals surface area contributed by atoms with Gasteiger partial charge in [-0.2, -0.15) is 0 Å². The number of carbonyl (C=O) groups excluding carboxylic acids is 2. The van der Waals surface area contributed by atoms with Crippen LogP contribution in [0.15, 0.2) is 78.9 Å². The summed E-state index contributed by atoms with van der Waals surface area (Å²) in [6.07, 6.45) is 0.223. The molecule has 3 aromatic rings. The molecule has 0 aliphatic heterocycles. The third kappa shape index (κ3) is 5.90. The number of rotatable bonds is 8. The molecule has 0 radical (unpaired) electrons. The van der Waals surface area contributed by atoms with E-state index in [2.05, 4.69) is 5.32 Å². The number of nitrogens with zero attached hydrogens (tertiary/aromatic N) is 1. The topological polar surface area (TPSA) is 49.4 Å². The van der Waals surface area contributed by atoms with Crippen LogP contribution >= 0.6 is 23.2 Å². The highest BCUT2D eigenvalue weighted by Gasteiger charge is 2.29. The second-order valence-corrected chi connectivity index (χ2v) is 8.47. The molecule has 2 amide bonds. The van der Waals surface area contributed by atoms with Crippen molar-refractivity contribution in [3.05, 3.63) is 106 Å². The second kappa shape index (κ2) is 11.2. The van der Waals surface area contributed by atoms with Gasteiger partial charge in [0.2, 0.25) is 11.8 Å². The smallest absolute Gasteiger partial charge is 0.242 e. The number of nitrogens with one attached hydrogen (secondary N) is 1. The number of likely N-dealkylation sites (N-methyl/N-ethyl adjacent to an activating group) is 1. The molecule has 0 aliphatic carbocycles. The van der Waals surface area contributed by atoms with E-state index in [1.165, 1.54) is 0 Å². The molecule has 3 rings (SSSR count). The van der Waals surface area contributed by atoms with Crippen LogP contribution in [-0.4, -0.2) is 29.8 Å². The molecule has 0 aromatic heterocycles. The van der Waals surface area contributed by atoms with Gasteiger partial charge in [-0.1, -0.05) is 89.9 Å². The summed E-state index contributed by atoms with van der Waals surface area (Å²) < 4.78 is 0. The average molecular weight is 469 g/mol. The van der Waals surface area contributed by atoms with Crippen molar-refractivity contribution in [3.8, 4) is 0 Å². The zero-order valence-corrected chi connectivity index (χ0v) is 19.6. The third-order valence-corrected chi connectivity index (χ3v) is 6.14. The Hall–Kier alpha value is -2.82. The SMILES string of the molecule is CNC(=O)[C@@H](C)N(Cc1ccc(Cl)cc1Cl)C(=O)CC(c1ccccc1)c1ccccc1. The van der Waals surface area contributed by atoms with E-state index in [1.54, 1.807) is 37.1 Å². The lowest BCUT2D eigenvalue weighted by atomic mass is 9.88. The number of hydrogen-bond acceptors (Lipinski definition) is 2. The van der Waals surface area contributed by atoms with E-state index >= 15 is 0 Å². The summed E-state index contributed by atoms with van der Waals surface area (Å²) in [7, 11) is 1.56. The number of benzene rings is 3. The van der Waals surface area contributed by atoms with Gasteiger partial charge in [-0.05, 0) is 35.7 Å². The van der Waals surface area contributed by atoms with Gasteiger partial charge in [0, 0.05) is 36.0 Å². The molecule has 0 bridgehead atoms. The van der Waals surface area contributed by atoms with E-state index in [9.17, 15) is 9.59 Å². The molecule has 1 atom stereocenters. The Balaban J connectivity index is 1.94. The van der Waals surface area contributed by atoms with Gasteiger partial charge >= 0.3 is 0 Å². The minimum atomic E-state index is -0.661. The number of carbonyl (C=O) groups is 2. The van der Waals surface area contributed by atoms with Gasteiger partial charge in [-0.3, -0.25) is 9.59 Å². The lowest BCUT2D eigenvalue weighted by Gasteiger charge is -2.30. The normalized spacial score (nSPS) is 11.8. The van der Waals surface area contributed by atoms with Crippen molar-refractivity contribution < 1.29 is 9.59 Å². The maximum absolute atomic E-state index is 13.6. The van der Waals surface area contributed by atoms with Gasteiger partial charge in [0.25, 0.3) is 0 Å². The fourth-order valence-corrected chi connectivity index (χ4v) is 4.18. The van der Waals surface area contributed by atoms with E-state index < -0.39 is 6.04 Å². The highest BCUT2D eigenvalue weighted by molar-refractivity contribution is 6.35. The second-order valence-electron chi connectivity index (χ2n) is 7.63. The Bertz CT molecular complexity index is 1020. The molecule has 166 valence electrons. The Morgan fingerprint density at radius 1 is 0.906 bits per heavy atom. The molecule has 0 saturated carbocycles. The first kappa shape index (κ1) is 23.8.